The molecule has 2 aliphatic heterocycles. The molecule has 0 N–H and O–H groups in total. The first kappa shape index (κ1) is 23.3. The lowest BCUT2D eigenvalue weighted by atomic mass is 9.44. The van der Waals surface area contributed by atoms with Crippen LogP contribution in [0.5, 0.6) is 0 Å². The summed E-state index contributed by atoms with van der Waals surface area (Å²) in [5.41, 5.74) is 0.740. The summed E-state index contributed by atoms with van der Waals surface area (Å²) in [5.74, 6) is 4.76. The molecule has 0 bridgehead atoms. The molecule has 1 spiro atoms. The summed E-state index contributed by atoms with van der Waals surface area (Å²) in [6.07, 6.45) is 14.5. The van der Waals surface area contributed by atoms with Crippen LogP contribution in [0.2, 0.25) is 0 Å². The summed E-state index contributed by atoms with van der Waals surface area (Å²) >= 11 is 0. The van der Waals surface area contributed by atoms with Crippen LogP contribution in [0, 0.1) is 46.3 Å². The molecule has 4 saturated carbocycles. The molecular weight excluding hydrogens is 408 g/mol. The van der Waals surface area contributed by atoms with Gasteiger partial charge in [0.2, 0.25) is 0 Å². The smallest absolute Gasteiger partial charge is 0.163 e. The third-order valence-corrected chi connectivity index (χ3v) is 12.1. The van der Waals surface area contributed by atoms with Gasteiger partial charge in [-0.3, -0.25) is 0 Å². The summed E-state index contributed by atoms with van der Waals surface area (Å²) in [6, 6.07) is 0. The van der Waals surface area contributed by atoms with Crippen molar-refractivity contribution in [1.82, 2.24) is 0 Å². The highest BCUT2D eigenvalue weighted by Crippen LogP contribution is 2.75. The molecule has 2 heterocycles. The molecule has 6 fully saturated rings. The predicted molar refractivity (Wildman–Crippen MR) is 132 cm³/mol. The molecule has 3 heteroatoms. The van der Waals surface area contributed by atoms with E-state index in [0.29, 0.717) is 11.5 Å². The van der Waals surface area contributed by atoms with Crippen molar-refractivity contribution in [1.29, 1.82) is 0 Å². The molecule has 33 heavy (non-hydrogen) atoms. The van der Waals surface area contributed by atoms with Crippen LogP contribution in [0.15, 0.2) is 0 Å². The molecule has 0 amide bonds. The zero-order valence-corrected chi connectivity index (χ0v) is 22.5. The van der Waals surface area contributed by atoms with Crippen molar-refractivity contribution in [3.05, 3.63) is 0 Å². The lowest BCUT2D eigenvalue weighted by Gasteiger charge is -2.60. The van der Waals surface area contributed by atoms with Gasteiger partial charge in [0.25, 0.3) is 0 Å². The normalized spacial score (nSPS) is 54.7. The fourth-order valence-electron chi connectivity index (χ4n) is 10.7. The molecule has 3 nitrogen and oxygen atoms in total. The van der Waals surface area contributed by atoms with Crippen molar-refractivity contribution in [2.45, 2.75) is 142 Å². The monoisotopic (exact) mass is 458 g/mol. The van der Waals surface area contributed by atoms with E-state index in [1.54, 1.807) is 0 Å². The lowest BCUT2D eigenvalue weighted by Crippen LogP contribution is -2.63. The number of rotatable bonds is 5. The van der Waals surface area contributed by atoms with Crippen molar-refractivity contribution in [2.75, 3.05) is 0 Å². The maximum absolute atomic E-state index is 6.80. The van der Waals surface area contributed by atoms with Gasteiger partial charge < -0.3 is 14.2 Å². The second-order valence-corrected chi connectivity index (χ2v) is 14.6. The number of hydrogen-bond acceptors (Lipinski definition) is 3. The Bertz CT molecular complexity index is 777. The Morgan fingerprint density at radius 1 is 0.818 bits per heavy atom. The fraction of sp³-hybridized carbons (Fsp3) is 1.00. The predicted octanol–water partition coefficient (Wildman–Crippen LogP) is 7.37. The van der Waals surface area contributed by atoms with Gasteiger partial charge in [-0.2, -0.15) is 0 Å². The topological polar surface area (TPSA) is 31.0 Å². The number of ether oxygens (including phenoxy) is 3. The highest BCUT2D eigenvalue weighted by Gasteiger charge is 2.81. The van der Waals surface area contributed by atoms with E-state index in [-0.39, 0.29) is 23.2 Å². The quantitative estimate of drug-likeness (QED) is 0.403. The highest BCUT2D eigenvalue weighted by atomic mass is 16.8. The van der Waals surface area contributed by atoms with E-state index in [9.17, 15) is 0 Å². The van der Waals surface area contributed by atoms with Crippen molar-refractivity contribution < 1.29 is 14.2 Å². The fourth-order valence-corrected chi connectivity index (χ4v) is 10.7. The second kappa shape index (κ2) is 7.45. The molecule has 4 aliphatic carbocycles. The summed E-state index contributed by atoms with van der Waals surface area (Å²) in [6.45, 7) is 16.8. The van der Waals surface area contributed by atoms with Gasteiger partial charge in [-0.15, -0.1) is 0 Å². The Balaban J connectivity index is 1.22. The van der Waals surface area contributed by atoms with Crippen molar-refractivity contribution >= 4 is 0 Å². The molecule has 11 atom stereocenters. The summed E-state index contributed by atoms with van der Waals surface area (Å²) < 4.78 is 19.7. The van der Waals surface area contributed by atoms with Crippen molar-refractivity contribution in [3.63, 3.8) is 0 Å². The Hall–Kier alpha value is -0.120. The summed E-state index contributed by atoms with van der Waals surface area (Å²) in [4.78, 5) is 0. The molecule has 188 valence electrons. The molecule has 0 aromatic rings. The highest BCUT2D eigenvalue weighted by molar-refractivity contribution is 5.28. The van der Waals surface area contributed by atoms with E-state index in [2.05, 4.69) is 48.5 Å². The van der Waals surface area contributed by atoms with Crippen LogP contribution >= 0.6 is 0 Å². The van der Waals surface area contributed by atoms with E-state index in [1.165, 1.54) is 57.8 Å². The van der Waals surface area contributed by atoms with E-state index < -0.39 is 5.79 Å². The zero-order valence-electron chi connectivity index (χ0n) is 22.5. The third kappa shape index (κ3) is 3.16. The molecule has 6 rings (SSSR count). The van der Waals surface area contributed by atoms with Gasteiger partial charge in [-0.25, -0.2) is 0 Å². The largest absolute Gasteiger partial charge is 0.362 e. The van der Waals surface area contributed by atoms with Crippen LogP contribution in [-0.4, -0.2) is 29.7 Å². The molecular formula is C30H50O3. The molecule has 0 unspecified atom stereocenters. The number of hydrogen-bond donors (Lipinski definition) is 0. The molecule has 0 aromatic carbocycles. The zero-order chi connectivity index (χ0) is 23.4. The van der Waals surface area contributed by atoms with E-state index in [4.69, 9.17) is 14.2 Å². The summed E-state index contributed by atoms with van der Waals surface area (Å²) in [5, 5.41) is 0. The van der Waals surface area contributed by atoms with Gasteiger partial charge >= 0.3 is 0 Å². The van der Waals surface area contributed by atoms with Gasteiger partial charge in [-0.1, -0.05) is 53.9 Å². The number of fused-ring (bicyclic) bond motifs is 5. The van der Waals surface area contributed by atoms with Gasteiger partial charge in [0.15, 0.2) is 5.79 Å². The van der Waals surface area contributed by atoms with Gasteiger partial charge in [0, 0.05) is 5.41 Å². The van der Waals surface area contributed by atoms with E-state index in [1.807, 2.05) is 0 Å². The maximum Gasteiger partial charge on any atom is 0.163 e. The molecule has 0 radical (unpaired) electrons. The van der Waals surface area contributed by atoms with Crippen LogP contribution in [0.4, 0.5) is 0 Å². The molecule has 2 saturated heterocycles. The molecule has 0 aromatic heterocycles. The molecule has 6 aliphatic rings. The Kier molecular flexibility index (Phi) is 5.26. The van der Waals surface area contributed by atoms with Gasteiger partial charge in [-0.05, 0) is 99.7 Å². The van der Waals surface area contributed by atoms with Crippen LogP contribution < -0.4 is 0 Å². The van der Waals surface area contributed by atoms with Crippen molar-refractivity contribution in [2.24, 2.45) is 46.3 Å². The van der Waals surface area contributed by atoms with Crippen molar-refractivity contribution in [3.8, 4) is 0 Å². The average molecular weight is 459 g/mol. The van der Waals surface area contributed by atoms with Crippen LogP contribution in [0.1, 0.15) is 113 Å². The van der Waals surface area contributed by atoms with E-state index in [0.717, 1.165) is 41.9 Å². The van der Waals surface area contributed by atoms with Crippen LogP contribution in [0.25, 0.3) is 0 Å². The minimum Gasteiger partial charge on any atom is -0.362 e. The second-order valence-electron chi connectivity index (χ2n) is 14.6. The standard InChI is InChI=1S/C30H50O3/c1-18(2)9-8-10-19(3)21-11-12-22-20-17-25-30(32-25)26-24(31-27(4,5)33-26)14-16-29(30,7)23(20)13-15-28(21,22)6/h18-26H,8-17H2,1-7H3/t19-,20+,21-,22+,23+,24+,25+,26+,28-,29-,30-/m1/s1. The maximum atomic E-state index is 6.80. The van der Waals surface area contributed by atoms with Gasteiger partial charge in [0.1, 0.15) is 11.7 Å². The number of epoxide rings is 1. The Morgan fingerprint density at radius 3 is 2.36 bits per heavy atom. The minimum atomic E-state index is -0.460. The van der Waals surface area contributed by atoms with E-state index >= 15 is 0 Å². The first-order chi connectivity index (χ1) is 15.5. The Labute approximate surface area is 203 Å². The Morgan fingerprint density at radius 2 is 1.61 bits per heavy atom. The van der Waals surface area contributed by atoms with Crippen LogP contribution in [0.3, 0.4) is 0 Å². The first-order valence-electron chi connectivity index (χ1n) is 14.6. The minimum absolute atomic E-state index is 0.0687. The third-order valence-electron chi connectivity index (χ3n) is 12.1. The lowest BCUT2D eigenvalue weighted by molar-refractivity contribution is -0.166. The van der Waals surface area contributed by atoms with Crippen LogP contribution in [-0.2, 0) is 14.2 Å². The van der Waals surface area contributed by atoms with Gasteiger partial charge in [0.05, 0.1) is 12.2 Å². The first-order valence-corrected chi connectivity index (χ1v) is 14.6. The SMILES string of the molecule is CC(C)CCC[C@@H](C)[C@H]1CC[C@H]2[C@@H]3C[C@@H]4O[C@@]45[C@H]4OC(C)(C)O[C@H]4CC[C@]5(C)[C@H]3CC[C@]12C. The summed E-state index contributed by atoms with van der Waals surface area (Å²) in [7, 11) is 0. The average Bonchev–Trinajstić information content (AvgIpc) is 3.21.